The Balaban J connectivity index is 0.00000784. The molecule has 0 unspecified atom stereocenters. The van der Waals surface area contributed by atoms with Crippen LogP contribution >= 0.6 is 35.6 Å². The van der Waals surface area contributed by atoms with E-state index in [1.807, 2.05) is 20.8 Å². The van der Waals surface area contributed by atoms with Crippen molar-refractivity contribution >= 4 is 51.4 Å². The molecule has 0 fully saturated rings. The maximum atomic E-state index is 12.6. The van der Waals surface area contributed by atoms with Crippen LogP contribution in [0.15, 0.2) is 23.2 Å². The molecule has 0 bridgehead atoms. The van der Waals surface area contributed by atoms with E-state index in [0.29, 0.717) is 36.1 Å². The van der Waals surface area contributed by atoms with E-state index in [9.17, 15) is 17.2 Å². The summed E-state index contributed by atoms with van der Waals surface area (Å²) in [5.41, 5.74) is 0.153. The van der Waals surface area contributed by atoms with Crippen LogP contribution in [0.2, 0.25) is 5.02 Å². The largest absolute Gasteiger partial charge is 0.434 e. The molecule has 2 N–H and O–H groups in total. The highest BCUT2D eigenvalue weighted by atomic mass is 127. The number of rotatable bonds is 10. The first-order valence-electron chi connectivity index (χ1n) is 8.85. The smallest absolute Gasteiger partial charge is 0.387 e. The minimum absolute atomic E-state index is 0. The Labute approximate surface area is 193 Å². The maximum absolute atomic E-state index is 12.6. The highest BCUT2D eigenvalue weighted by Crippen LogP contribution is 2.25. The highest BCUT2D eigenvalue weighted by Gasteiger charge is 2.20. The minimum Gasteiger partial charge on any atom is -0.434 e. The van der Waals surface area contributed by atoms with Crippen molar-refractivity contribution in [1.29, 1.82) is 0 Å². The first-order valence-corrected chi connectivity index (χ1v) is 11.3. The molecule has 1 aromatic carbocycles. The standard InChI is InChI=1S/C18H28ClF2N3O3S.HI/c1-5-22-17(24-12-18(2,3)8-9-28(4,25)26)23-11-13-10-14(19)6-7-15(13)27-16(20)21;/h6-7,10,16H,5,8-9,11-12H2,1-4H3,(H2,22,23,24);1H. The van der Waals surface area contributed by atoms with E-state index in [0.717, 1.165) is 0 Å². The van der Waals surface area contributed by atoms with Gasteiger partial charge in [-0.15, -0.1) is 24.0 Å². The van der Waals surface area contributed by atoms with Crippen molar-refractivity contribution in [3.05, 3.63) is 28.8 Å². The summed E-state index contributed by atoms with van der Waals surface area (Å²) in [4.78, 5) is 4.40. The first-order chi connectivity index (χ1) is 12.9. The minimum atomic E-state index is -3.03. The summed E-state index contributed by atoms with van der Waals surface area (Å²) in [7, 11) is -3.03. The molecule has 1 rings (SSSR count). The predicted octanol–water partition coefficient (Wildman–Crippen LogP) is 4.08. The zero-order valence-corrected chi connectivity index (χ0v) is 20.9. The lowest BCUT2D eigenvalue weighted by atomic mass is 9.90. The van der Waals surface area contributed by atoms with E-state index in [1.54, 1.807) is 0 Å². The lowest BCUT2D eigenvalue weighted by Crippen LogP contribution is -2.42. The first kappa shape index (κ1) is 28.1. The van der Waals surface area contributed by atoms with Crippen LogP contribution in [0.5, 0.6) is 5.75 Å². The molecule has 0 spiro atoms. The zero-order valence-electron chi connectivity index (χ0n) is 17.0. The molecule has 0 radical (unpaired) electrons. The monoisotopic (exact) mass is 567 g/mol. The van der Waals surface area contributed by atoms with Gasteiger partial charge in [0.25, 0.3) is 0 Å². The number of ether oxygens (including phenoxy) is 1. The van der Waals surface area contributed by atoms with E-state index in [2.05, 4.69) is 20.4 Å². The molecule has 0 aromatic heterocycles. The third kappa shape index (κ3) is 12.4. The van der Waals surface area contributed by atoms with E-state index in [4.69, 9.17) is 11.6 Å². The van der Waals surface area contributed by atoms with Gasteiger partial charge in [-0.05, 0) is 37.0 Å². The number of benzene rings is 1. The quantitative estimate of drug-likeness (QED) is 0.253. The molecule has 168 valence electrons. The van der Waals surface area contributed by atoms with Crippen LogP contribution in [-0.2, 0) is 16.4 Å². The van der Waals surface area contributed by atoms with Gasteiger partial charge in [-0.3, -0.25) is 0 Å². The van der Waals surface area contributed by atoms with Gasteiger partial charge in [0.1, 0.15) is 15.6 Å². The molecule has 0 atom stereocenters. The van der Waals surface area contributed by atoms with Crippen molar-refractivity contribution < 1.29 is 21.9 Å². The second kappa shape index (κ2) is 12.7. The van der Waals surface area contributed by atoms with Crippen molar-refractivity contribution in [2.24, 2.45) is 10.4 Å². The highest BCUT2D eigenvalue weighted by molar-refractivity contribution is 14.0. The molecular weight excluding hydrogens is 539 g/mol. The van der Waals surface area contributed by atoms with E-state index < -0.39 is 16.4 Å². The Bertz CT molecular complexity index is 778. The Kier molecular flexibility index (Phi) is 12.3. The number of hydrogen-bond donors (Lipinski definition) is 2. The lowest BCUT2D eigenvalue weighted by molar-refractivity contribution is -0.0504. The predicted molar refractivity (Wildman–Crippen MR) is 124 cm³/mol. The number of sulfone groups is 1. The van der Waals surface area contributed by atoms with Gasteiger partial charge in [-0.1, -0.05) is 25.4 Å². The van der Waals surface area contributed by atoms with Gasteiger partial charge >= 0.3 is 6.61 Å². The van der Waals surface area contributed by atoms with Crippen molar-refractivity contribution in [3.63, 3.8) is 0 Å². The van der Waals surface area contributed by atoms with E-state index in [1.165, 1.54) is 24.5 Å². The molecule has 11 heteroatoms. The molecule has 1 aromatic rings. The summed E-state index contributed by atoms with van der Waals surface area (Å²) in [5.74, 6) is 0.608. The lowest BCUT2D eigenvalue weighted by Gasteiger charge is -2.25. The van der Waals surface area contributed by atoms with Gasteiger partial charge in [-0.25, -0.2) is 13.4 Å². The molecule has 0 aliphatic heterocycles. The van der Waals surface area contributed by atoms with Crippen LogP contribution in [0, 0.1) is 5.41 Å². The molecule has 0 amide bonds. The average molecular weight is 568 g/mol. The summed E-state index contributed by atoms with van der Waals surface area (Å²) in [6.07, 6.45) is 1.71. The Hall–Kier alpha value is -0.880. The molecule has 0 saturated heterocycles. The number of alkyl halides is 2. The number of nitrogens with one attached hydrogen (secondary N) is 2. The fourth-order valence-electron chi connectivity index (χ4n) is 2.26. The normalized spacial score (nSPS) is 12.5. The van der Waals surface area contributed by atoms with Gasteiger partial charge in [0, 0.05) is 29.9 Å². The van der Waals surface area contributed by atoms with Gasteiger partial charge in [0.2, 0.25) is 0 Å². The van der Waals surface area contributed by atoms with Crippen molar-refractivity contribution in [2.75, 3.05) is 25.1 Å². The maximum Gasteiger partial charge on any atom is 0.387 e. The summed E-state index contributed by atoms with van der Waals surface area (Å²) in [6.45, 7) is 4.06. The van der Waals surface area contributed by atoms with Crippen LogP contribution in [0.1, 0.15) is 32.8 Å². The second-order valence-electron chi connectivity index (χ2n) is 7.22. The van der Waals surface area contributed by atoms with Gasteiger partial charge < -0.3 is 15.4 Å². The van der Waals surface area contributed by atoms with Crippen LogP contribution in [0.3, 0.4) is 0 Å². The topological polar surface area (TPSA) is 79.8 Å². The molecule has 0 saturated carbocycles. The van der Waals surface area contributed by atoms with Crippen molar-refractivity contribution in [1.82, 2.24) is 10.6 Å². The Morgan fingerprint density at radius 1 is 1.31 bits per heavy atom. The summed E-state index contributed by atoms with van der Waals surface area (Å²) in [5, 5.41) is 6.63. The van der Waals surface area contributed by atoms with Crippen LogP contribution < -0.4 is 15.4 Å². The van der Waals surface area contributed by atoms with Crippen molar-refractivity contribution in [3.8, 4) is 5.75 Å². The van der Waals surface area contributed by atoms with Crippen LogP contribution in [0.4, 0.5) is 8.78 Å². The Morgan fingerprint density at radius 3 is 2.52 bits per heavy atom. The molecule has 6 nitrogen and oxygen atoms in total. The number of hydrogen-bond acceptors (Lipinski definition) is 4. The molecule has 0 heterocycles. The molecule has 0 aliphatic carbocycles. The van der Waals surface area contributed by atoms with Crippen molar-refractivity contribution in [2.45, 2.75) is 40.3 Å². The number of nitrogens with zero attached hydrogens (tertiary/aromatic N) is 1. The number of aliphatic imine (C=N–C) groups is 1. The Morgan fingerprint density at radius 2 is 1.97 bits per heavy atom. The fourth-order valence-corrected chi connectivity index (χ4v) is 3.38. The summed E-state index contributed by atoms with van der Waals surface area (Å²) in [6, 6.07) is 4.39. The van der Waals surface area contributed by atoms with Gasteiger partial charge in [0.15, 0.2) is 5.96 Å². The second-order valence-corrected chi connectivity index (χ2v) is 9.92. The summed E-state index contributed by atoms with van der Waals surface area (Å²) < 4.78 is 52.4. The molecule has 0 aliphatic rings. The fraction of sp³-hybridized carbons (Fsp3) is 0.611. The van der Waals surface area contributed by atoms with Crippen LogP contribution in [-0.4, -0.2) is 46.1 Å². The van der Waals surface area contributed by atoms with E-state index >= 15 is 0 Å². The van der Waals surface area contributed by atoms with E-state index in [-0.39, 0.29) is 47.4 Å². The summed E-state index contributed by atoms with van der Waals surface area (Å²) >= 11 is 5.95. The third-order valence-corrected chi connectivity index (χ3v) is 5.06. The average Bonchev–Trinajstić information content (AvgIpc) is 2.57. The third-order valence-electron chi connectivity index (χ3n) is 3.87. The van der Waals surface area contributed by atoms with Gasteiger partial charge in [0.05, 0.1) is 12.3 Å². The van der Waals surface area contributed by atoms with Gasteiger partial charge in [-0.2, -0.15) is 8.78 Å². The molecule has 29 heavy (non-hydrogen) atoms. The number of guanidine groups is 1. The SMILES string of the molecule is CCNC(=NCc1cc(Cl)ccc1OC(F)F)NCC(C)(C)CCS(C)(=O)=O.I. The number of halogens is 4. The van der Waals surface area contributed by atoms with Crippen LogP contribution in [0.25, 0.3) is 0 Å². The zero-order chi connectivity index (χ0) is 21.4. The molecular formula is C18H29ClF2IN3O3S.